The van der Waals surface area contributed by atoms with Crippen LogP contribution in [0.2, 0.25) is 0 Å². The summed E-state index contributed by atoms with van der Waals surface area (Å²) in [6.45, 7) is 4.57. The summed E-state index contributed by atoms with van der Waals surface area (Å²) in [5.74, 6) is 1.62. The molecule has 0 aliphatic heterocycles. The lowest BCUT2D eigenvalue weighted by Crippen LogP contribution is -2.41. The van der Waals surface area contributed by atoms with Crippen molar-refractivity contribution < 1.29 is 4.74 Å². The van der Waals surface area contributed by atoms with E-state index in [9.17, 15) is 0 Å². The minimum atomic E-state index is -0.156. The van der Waals surface area contributed by atoms with Crippen molar-refractivity contribution in [2.24, 2.45) is 11.7 Å². The summed E-state index contributed by atoms with van der Waals surface area (Å²) < 4.78 is 5.37. The van der Waals surface area contributed by atoms with Gasteiger partial charge in [-0.15, -0.1) is 0 Å². The van der Waals surface area contributed by atoms with Crippen molar-refractivity contribution in [3.63, 3.8) is 0 Å². The first-order valence-electron chi connectivity index (χ1n) is 7.55. The molecule has 1 aromatic carbocycles. The quantitative estimate of drug-likeness (QED) is 0.869. The van der Waals surface area contributed by atoms with E-state index in [0.717, 1.165) is 25.0 Å². The highest BCUT2D eigenvalue weighted by Gasteiger charge is 2.34. The molecule has 0 spiro atoms. The first-order valence-corrected chi connectivity index (χ1v) is 7.55. The highest BCUT2D eigenvalue weighted by atomic mass is 16.5. The highest BCUT2D eigenvalue weighted by molar-refractivity contribution is 5.41. The fraction of sp³-hybridized carbons (Fsp3) is 0.647. The molecule has 2 N–H and O–H groups in total. The average Bonchev–Trinajstić information content (AvgIpc) is 2.39. The molecule has 1 aromatic rings. The van der Waals surface area contributed by atoms with Gasteiger partial charge in [-0.2, -0.15) is 0 Å². The third-order valence-electron chi connectivity index (χ3n) is 4.42. The predicted molar refractivity (Wildman–Crippen MR) is 80.5 cm³/mol. The summed E-state index contributed by atoms with van der Waals surface area (Å²) in [7, 11) is 1.72. The number of hydrogen-bond donors (Lipinski definition) is 1. The Morgan fingerprint density at radius 1 is 1.42 bits per heavy atom. The molecule has 2 heteroatoms. The second-order valence-electron chi connectivity index (χ2n) is 6.13. The van der Waals surface area contributed by atoms with Crippen LogP contribution in [0.5, 0.6) is 5.75 Å². The van der Waals surface area contributed by atoms with Gasteiger partial charge < -0.3 is 10.5 Å². The van der Waals surface area contributed by atoms with E-state index in [-0.39, 0.29) is 5.54 Å². The van der Waals surface area contributed by atoms with E-state index in [0.29, 0.717) is 5.92 Å². The van der Waals surface area contributed by atoms with E-state index in [2.05, 4.69) is 32.0 Å². The van der Waals surface area contributed by atoms with Crippen LogP contribution in [-0.4, -0.2) is 7.11 Å². The van der Waals surface area contributed by atoms with Crippen LogP contribution >= 0.6 is 0 Å². The SMILES string of the molecule is CCCC(C)CC1(N)CCCc2ccc(OC)cc21. The average molecular weight is 261 g/mol. The van der Waals surface area contributed by atoms with Gasteiger partial charge in [0.2, 0.25) is 0 Å². The Bertz CT molecular complexity index is 429. The van der Waals surface area contributed by atoms with Gasteiger partial charge in [-0.05, 0) is 54.9 Å². The number of rotatable bonds is 5. The van der Waals surface area contributed by atoms with Crippen LogP contribution in [-0.2, 0) is 12.0 Å². The Labute approximate surface area is 117 Å². The Hall–Kier alpha value is -1.02. The van der Waals surface area contributed by atoms with Crippen molar-refractivity contribution in [2.75, 3.05) is 7.11 Å². The molecule has 19 heavy (non-hydrogen) atoms. The molecule has 0 bridgehead atoms. The predicted octanol–water partition coefficient (Wildman–Crippen LogP) is 4.01. The van der Waals surface area contributed by atoms with E-state index >= 15 is 0 Å². The van der Waals surface area contributed by atoms with E-state index in [4.69, 9.17) is 10.5 Å². The summed E-state index contributed by atoms with van der Waals surface area (Å²) in [5.41, 5.74) is 9.35. The number of hydrogen-bond acceptors (Lipinski definition) is 2. The summed E-state index contributed by atoms with van der Waals surface area (Å²) in [6.07, 6.45) is 7.04. The number of fused-ring (bicyclic) bond motifs is 1. The molecule has 2 rings (SSSR count). The maximum absolute atomic E-state index is 6.77. The van der Waals surface area contributed by atoms with Crippen molar-refractivity contribution >= 4 is 0 Å². The highest BCUT2D eigenvalue weighted by Crippen LogP contribution is 2.40. The van der Waals surface area contributed by atoms with Gasteiger partial charge in [-0.1, -0.05) is 32.8 Å². The second-order valence-corrected chi connectivity index (χ2v) is 6.13. The van der Waals surface area contributed by atoms with Gasteiger partial charge >= 0.3 is 0 Å². The van der Waals surface area contributed by atoms with Gasteiger partial charge in [0.05, 0.1) is 7.11 Å². The monoisotopic (exact) mass is 261 g/mol. The third kappa shape index (κ3) is 3.11. The van der Waals surface area contributed by atoms with Gasteiger partial charge in [0.15, 0.2) is 0 Å². The van der Waals surface area contributed by atoms with E-state index < -0.39 is 0 Å². The molecule has 2 nitrogen and oxygen atoms in total. The molecule has 2 unspecified atom stereocenters. The van der Waals surface area contributed by atoms with Crippen molar-refractivity contribution in [1.29, 1.82) is 0 Å². The van der Waals surface area contributed by atoms with Crippen LogP contribution in [0, 0.1) is 5.92 Å². The normalized spacial score (nSPS) is 23.8. The lowest BCUT2D eigenvalue weighted by molar-refractivity contribution is 0.282. The summed E-state index contributed by atoms with van der Waals surface area (Å²) >= 11 is 0. The van der Waals surface area contributed by atoms with Crippen molar-refractivity contribution in [3.8, 4) is 5.75 Å². The Morgan fingerprint density at radius 2 is 2.21 bits per heavy atom. The molecule has 0 heterocycles. The summed E-state index contributed by atoms with van der Waals surface area (Å²) in [4.78, 5) is 0. The molecule has 2 atom stereocenters. The van der Waals surface area contributed by atoms with Gasteiger partial charge in [0, 0.05) is 5.54 Å². The molecular weight excluding hydrogens is 234 g/mol. The zero-order chi connectivity index (χ0) is 13.9. The van der Waals surface area contributed by atoms with E-state index in [1.807, 2.05) is 0 Å². The molecule has 0 fully saturated rings. The molecule has 1 aliphatic rings. The van der Waals surface area contributed by atoms with Crippen molar-refractivity contribution in [1.82, 2.24) is 0 Å². The topological polar surface area (TPSA) is 35.2 Å². The van der Waals surface area contributed by atoms with E-state index in [1.54, 1.807) is 7.11 Å². The third-order valence-corrected chi connectivity index (χ3v) is 4.42. The van der Waals surface area contributed by atoms with Gasteiger partial charge in [0.1, 0.15) is 5.75 Å². The zero-order valence-electron chi connectivity index (χ0n) is 12.5. The fourth-order valence-electron chi connectivity index (χ4n) is 3.52. The molecule has 0 saturated carbocycles. The Balaban J connectivity index is 2.28. The van der Waals surface area contributed by atoms with E-state index in [1.165, 1.54) is 30.4 Å². The second kappa shape index (κ2) is 5.96. The number of nitrogens with two attached hydrogens (primary N) is 1. The fourth-order valence-corrected chi connectivity index (χ4v) is 3.52. The van der Waals surface area contributed by atoms with Crippen LogP contribution in [0.1, 0.15) is 57.1 Å². The van der Waals surface area contributed by atoms with Crippen molar-refractivity contribution in [2.45, 2.75) is 57.9 Å². The Kier molecular flexibility index (Phi) is 4.51. The Morgan fingerprint density at radius 3 is 2.89 bits per heavy atom. The first-order chi connectivity index (χ1) is 9.09. The maximum Gasteiger partial charge on any atom is 0.119 e. The first kappa shape index (κ1) is 14.4. The number of aryl methyl sites for hydroxylation is 1. The molecule has 1 aliphatic carbocycles. The van der Waals surface area contributed by atoms with Gasteiger partial charge in [0.25, 0.3) is 0 Å². The number of methoxy groups -OCH3 is 1. The van der Waals surface area contributed by atoms with Gasteiger partial charge in [-0.25, -0.2) is 0 Å². The van der Waals surface area contributed by atoms with Crippen LogP contribution in [0.4, 0.5) is 0 Å². The maximum atomic E-state index is 6.77. The molecular formula is C17H27NO. The van der Waals surface area contributed by atoms with Crippen LogP contribution < -0.4 is 10.5 Å². The summed E-state index contributed by atoms with van der Waals surface area (Å²) in [6, 6.07) is 6.41. The largest absolute Gasteiger partial charge is 0.497 e. The van der Waals surface area contributed by atoms with Gasteiger partial charge in [-0.3, -0.25) is 0 Å². The zero-order valence-corrected chi connectivity index (χ0v) is 12.5. The molecule has 0 amide bonds. The van der Waals surface area contributed by atoms with Crippen molar-refractivity contribution in [3.05, 3.63) is 29.3 Å². The lowest BCUT2D eigenvalue weighted by atomic mass is 9.72. The smallest absolute Gasteiger partial charge is 0.119 e. The minimum absolute atomic E-state index is 0.156. The van der Waals surface area contributed by atoms with Crippen LogP contribution in [0.25, 0.3) is 0 Å². The molecule has 0 aromatic heterocycles. The summed E-state index contributed by atoms with van der Waals surface area (Å²) in [5, 5.41) is 0. The molecule has 0 saturated heterocycles. The minimum Gasteiger partial charge on any atom is -0.497 e. The number of ether oxygens (including phenoxy) is 1. The molecule has 0 radical (unpaired) electrons. The lowest BCUT2D eigenvalue weighted by Gasteiger charge is -2.38. The number of benzene rings is 1. The molecule has 106 valence electrons. The van der Waals surface area contributed by atoms with Crippen LogP contribution in [0.15, 0.2) is 18.2 Å². The standard InChI is InChI=1S/C17H27NO/c1-4-6-13(2)12-17(18)10-5-7-14-8-9-15(19-3)11-16(14)17/h8-9,11,13H,4-7,10,12,18H2,1-3H3. The van der Waals surface area contributed by atoms with Crippen LogP contribution in [0.3, 0.4) is 0 Å².